The van der Waals surface area contributed by atoms with Crippen molar-refractivity contribution < 1.29 is 9.26 Å². The van der Waals surface area contributed by atoms with E-state index in [1.807, 2.05) is 12.1 Å². The maximum Gasteiger partial charge on any atom is 0.261 e. The quantitative estimate of drug-likeness (QED) is 0.845. The van der Waals surface area contributed by atoms with Gasteiger partial charge in [-0.3, -0.25) is 0 Å². The van der Waals surface area contributed by atoms with Crippen LogP contribution in [0, 0.1) is 12.3 Å². The Hall–Kier alpha value is -1.95. The van der Waals surface area contributed by atoms with Crippen LogP contribution in [0.2, 0.25) is 0 Å². The molecule has 0 aliphatic carbocycles. The lowest BCUT2D eigenvalue weighted by Gasteiger charge is -2.25. The summed E-state index contributed by atoms with van der Waals surface area (Å²) in [5.74, 6) is 1.85. The van der Waals surface area contributed by atoms with Crippen LogP contribution in [0.25, 0.3) is 11.5 Å². The molecule has 0 aliphatic rings. The summed E-state index contributed by atoms with van der Waals surface area (Å²) in [6, 6.07) is 3.78. The van der Waals surface area contributed by atoms with Crippen LogP contribution >= 0.6 is 0 Å². The Morgan fingerprint density at radius 1 is 1.38 bits per heavy atom. The summed E-state index contributed by atoms with van der Waals surface area (Å²) in [6.07, 6.45) is 2.72. The van der Waals surface area contributed by atoms with Crippen molar-refractivity contribution in [2.75, 3.05) is 25.6 Å². The van der Waals surface area contributed by atoms with E-state index in [1.54, 1.807) is 20.2 Å². The Bertz CT molecular complexity index is 581. The molecule has 2 aromatic rings. The number of anilines is 1. The second-order valence-corrected chi connectivity index (χ2v) is 5.81. The SMILES string of the molecule is COCCC(C)(C)CNc1ncccc1-c1nc(C)no1. The molecule has 114 valence electrons. The van der Waals surface area contributed by atoms with E-state index >= 15 is 0 Å². The lowest BCUT2D eigenvalue weighted by atomic mass is 9.89. The van der Waals surface area contributed by atoms with E-state index < -0.39 is 0 Å². The molecular weight excluding hydrogens is 268 g/mol. The molecule has 0 saturated carbocycles. The van der Waals surface area contributed by atoms with Gasteiger partial charge >= 0.3 is 0 Å². The first kappa shape index (κ1) is 15.4. The van der Waals surface area contributed by atoms with Crippen LogP contribution in [-0.4, -0.2) is 35.4 Å². The molecule has 0 bridgehead atoms. The number of aromatic nitrogens is 3. The van der Waals surface area contributed by atoms with E-state index in [9.17, 15) is 0 Å². The molecule has 0 aliphatic heterocycles. The maximum atomic E-state index is 5.23. The van der Waals surface area contributed by atoms with Crippen molar-refractivity contribution in [1.82, 2.24) is 15.1 Å². The fraction of sp³-hybridized carbons (Fsp3) is 0.533. The van der Waals surface area contributed by atoms with E-state index in [2.05, 4.69) is 34.3 Å². The Balaban J connectivity index is 2.10. The van der Waals surface area contributed by atoms with Gasteiger partial charge in [-0.25, -0.2) is 4.98 Å². The molecule has 0 amide bonds. The Kier molecular flexibility index (Phi) is 4.90. The fourth-order valence-corrected chi connectivity index (χ4v) is 1.91. The minimum absolute atomic E-state index is 0.107. The summed E-state index contributed by atoms with van der Waals surface area (Å²) >= 11 is 0. The van der Waals surface area contributed by atoms with Crippen molar-refractivity contribution in [3.63, 3.8) is 0 Å². The fourth-order valence-electron chi connectivity index (χ4n) is 1.91. The van der Waals surface area contributed by atoms with Gasteiger partial charge in [0, 0.05) is 26.5 Å². The smallest absolute Gasteiger partial charge is 0.261 e. The second kappa shape index (κ2) is 6.67. The normalized spacial score (nSPS) is 11.6. The highest BCUT2D eigenvalue weighted by Crippen LogP contribution is 2.26. The summed E-state index contributed by atoms with van der Waals surface area (Å²) in [7, 11) is 1.72. The van der Waals surface area contributed by atoms with Crippen LogP contribution in [0.1, 0.15) is 26.1 Å². The number of nitrogens with one attached hydrogen (secondary N) is 1. The standard InChI is InChI=1S/C15H22N4O2/c1-11-18-14(21-19-11)12-6-5-8-16-13(12)17-10-15(2,3)7-9-20-4/h5-6,8H,7,9-10H2,1-4H3,(H,16,17). The number of aryl methyl sites for hydroxylation is 1. The highest BCUT2D eigenvalue weighted by atomic mass is 16.5. The molecule has 6 nitrogen and oxygen atoms in total. The third-order valence-corrected chi connectivity index (χ3v) is 3.28. The zero-order valence-corrected chi connectivity index (χ0v) is 13.0. The zero-order valence-electron chi connectivity index (χ0n) is 13.0. The van der Waals surface area contributed by atoms with Gasteiger partial charge in [-0.05, 0) is 30.9 Å². The lowest BCUT2D eigenvalue weighted by molar-refractivity contribution is 0.157. The Morgan fingerprint density at radius 3 is 2.86 bits per heavy atom. The zero-order chi connectivity index (χ0) is 15.3. The highest BCUT2D eigenvalue weighted by molar-refractivity contribution is 5.68. The van der Waals surface area contributed by atoms with Crippen molar-refractivity contribution in [3.05, 3.63) is 24.2 Å². The highest BCUT2D eigenvalue weighted by Gasteiger charge is 2.19. The van der Waals surface area contributed by atoms with E-state index in [1.165, 1.54) is 0 Å². The molecule has 2 rings (SSSR count). The van der Waals surface area contributed by atoms with E-state index in [0.29, 0.717) is 11.7 Å². The second-order valence-electron chi connectivity index (χ2n) is 5.81. The van der Waals surface area contributed by atoms with Crippen molar-refractivity contribution in [2.24, 2.45) is 5.41 Å². The monoisotopic (exact) mass is 290 g/mol. The molecule has 1 N–H and O–H groups in total. The number of rotatable bonds is 7. The predicted octanol–water partition coefficient (Wildman–Crippen LogP) is 2.91. The molecule has 0 atom stereocenters. The molecule has 0 unspecified atom stereocenters. The van der Waals surface area contributed by atoms with Gasteiger partial charge in [0.2, 0.25) is 0 Å². The number of methoxy groups -OCH3 is 1. The van der Waals surface area contributed by atoms with Gasteiger partial charge in [0.05, 0.1) is 5.56 Å². The van der Waals surface area contributed by atoms with Crippen molar-refractivity contribution in [2.45, 2.75) is 27.2 Å². The molecule has 6 heteroatoms. The van der Waals surface area contributed by atoms with Gasteiger partial charge in [-0.15, -0.1) is 0 Å². The molecule has 0 fully saturated rings. The third kappa shape index (κ3) is 4.26. The summed E-state index contributed by atoms with van der Waals surface area (Å²) < 4.78 is 10.4. The van der Waals surface area contributed by atoms with Crippen LogP contribution in [-0.2, 0) is 4.74 Å². The lowest BCUT2D eigenvalue weighted by Crippen LogP contribution is -2.25. The van der Waals surface area contributed by atoms with Crippen molar-refractivity contribution in [3.8, 4) is 11.5 Å². The molecule has 2 aromatic heterocycles. The summed E-state index contributed by atoms with van der Waals surface area (Å²) in [4.78, 5) is 8.64. The van der Waals surface area contributed by atoms with Crippen LogP contribution in [0.4, 0.5) is 5.82 Å². The van der Waals surface area contributed by atoms with Gasteiger partial charge < -0.3 is 14.6 Å². The van der Waals surface area contributed by atoms with Crippen LogP contribution in [0.5, 0.6) is 0 Å². The minimum Gasteiger partial charge on any atom is -0.385 e. The number of hydrogen-bond acceptors (Lipinski definition) is 6. The topological polar surface area (TPSA) is 73.1 Å². The number of ether oxygens (including phenoxy) is 1. The number of nitrogens with zero attached hydrogens (tertiary/aromatic N) is 3. The van der Waals surface area contributed by atoms with Crippen molar-refractivity contribution in [1.29, 1.82) is 0 Å². The first-order chi connectivity index (χ1) is 10.0. The van der Waals surface area contributed by atoms with E-state index in [-0.39, 0.29) is 5.41 Å². The van der Waals surface area contributed by atoms with Gasteiger partial charge in [-0.2, -0.15) is 4.98 Å². The van der Waals surface area contributed by atoms with Gasteiger partial charge in [0.1, 0.15) is 5.82 Å². The summed E-state index contributed by atoms with van der Waals surface area (Å²) in [6.45, 7) is 7.71. The first-order valence-corrected chi connectivity index (χ1v) is 7.00. The molecule has 0 spiro atoms. The van der Waals surface area contributed by atoms with Gasteiger partial charge in [-0.1, -0.05) is 19.0 Å². The van der Waals surface area contributed by atoms with Gasteiger partial charge in [0.15, 0.2) is 5.82 Å². The van der Waals surface area contributed by atoms with Crippen molar-refractivity contribution >= 4 is 5.82 Å². The molecule has 0 aromatic carbocycles. The molecule has 0 radical (unpaired) electrons. The third-order valence-electron chi connectivity index (χ3n) is 3.28. The summed E-state index contributed by atoms with van der Waals surface area (Å²) in [5, 5.41) is 7.20. The van der Waals surface area contributed by atoms with Crippen LogP contribution in [0.3, 0.4) is 0 Å². The molecule has 0 saturated heterocycles. The average Bonchev–Trinajstić information content (AvgIpc) is 2.90. The Morgan fingerprint density at radius 2 is 2.19 bits per heavy atom. The van der Waals surface area contributed by atoms with E-state index in [0.717, 1.165) is 31.0 Å². The molecular formula is C15H22N4O2. The minimum atomic E-state index is 0.107. The van der Waals surface area contributed by atoms with E-state index in [4.69, 9.17) is 9.26 Å². The largest absolute Gasteiger partial charge is 0.385 e. The molecule has 21 heavy (non-hydrogen) atoms. The number of pyridine rings is 1. The van der Waals surface area contributed by atoms with Crippen LogP contribution < -0.4 is 5.32 Å². The van der Waals surface area contributed by atoms with Gasteiger partial charge in [0.25, 0.3) is 5.89 Å². The summed E-state index contributed by atoms with van der Waals surface area (Å²) in [5.41, 5.74) is 0.927. The predicted molar refractivity (Wildman–Crippen MR) is 81.0 cm³/mol. The Labute approximate surface area is 124 Å². The average molecular weight is 290 g/mol. The number of hydrogen-bond donors (Lipinski definition) is 1. The maximum absolute atomic E-state index is 5.23. The molecule has 2 heterocycles. The van der Waals surface area contributed by atoms with Crippen LogP contribution in [0.15, 0.2) is 22.9 Å². The first-order valence-electron chi connectivity index (χ1n) is 7.00.